The molecule has 0 aliphatic carbocycles. The van der Waals surface area contributed by atoms with Crippen LogP contribution in [0.5, 0.6) is 0 Å². The van der Waals surface area contributed by atoms with Gasteiger partial charge in [-0.05, 0) is 18.4 Å². The molecule has 1 aromatic carbocycles. The quantitative estimate of drug-likeness (QED) is 0.827. The van der Waals surface area contributed by atoms with E-state index in [-0.39, 0.29) is 0 Å². The molecule has 0 unspecified atom stereocenters. The fourth-order valence-electron chi connectivity index (χ4n) is 1.43. The summed E-state index contributed by atoms with van der Waals surface area (Å²) in [6.07, 6.45) is 2.04. The zero-order chi connectivity index (χ0) is 11.5. The van der Waals surface area contributed by atoms with E-state index in [0.29, 0.717) is 17.5 Å². The van der Waals surface area contributed by atoms with Crippen LogP contribution in [0.4, 0.5) is 0 Å². The molecule has 1 heterocycles. The number of thioether (sulfide) groups is 1. The van der Waals surface area contributed by atoms with Crippen molar-refractivity contribution in [1.82, 2.24) is 9.97 Å². The molecule has 0 atom stereocenters. The number of nitrogens with zero attached hydrogens (tertiary/aromatic N) is 1. The molecule has 0 amide bonds. The third-order valence-corrected chi connectivity index (χ3v) is 3.28. The van der Waals surface area contributed by atoms with Crippen LogP contribution < -0.4 is 5.73 Å². The van der Waals surface area contributed by atoms with Crippen LogP contribution in [-0.2, 0) is 6.54 Å². The molecule has 0 aliphatic heterocycles. The van der Waals surface area contributed by atoms with Crippen LogP contribution in [0, 0.1) is 0 Å². The fourth-order valence-corrected chi connectivity index (χ4v) is 2.10. The summed E-state index contributed by atoms with van der Waals surface area (Å²) in [7, 11) is 0. The molecule has 0 saturated heterocycles. The third-order valence-electron chi connectivity index (χ3n) is 2.27. The largest absolute Gasteiger partial charge is 0.331 e. The standard InChI is InChI=1S/C11H12ClN3S/c1-16-8-4-2-7(3-5-8)10-11(12)15-9(6-13)14-10/h2-5H,6,13H2,1H3,(H,14,15). The predicted molar refractivity (Wildman–Crippen MR) is 68.7 cm³/mol. The Hall–Kier alpha value is -0.970. The van der Waals surface area contributed by atoms with Crippen molar-refractivity contribution >= 4 is 23.4 Å². The summed E-state index contributed by atoms with van der Waals surface area (Å²) in [5, 5.41) is 0.539. The van der Waals surface area contributed by atoms with Gasteiger partial charge in [0.1, 0.15) is 16.7 Å². The number of hydrogen-bond acceptors (Lipinski definition) is 3. The summed E-state index contributed by atoms with van der Waals surface area (Å²) in [5.74, 6) is 0.703. The first-order valence-electron chi connectivity index (χ1n) is 4.83. The van der Waals surface area contributed by atoms with Gasteiger partial charge in [-0.2, -0.15) is 0 Å². The molecular weight excluding hydrogens is 242 g/mol. The molecule has 2 rings (SSSR count). The molecule has 1 aromatic heterocycles. The molecule has 0 spiro atoms. The van der Waals surface area contributed by atoms with Crippen molar-refractivity contribution in [2.45, 2.75) is 11.4 Å². The van der Waals surface area contributed by atoms with Gasteiger partial charge in [-0.3, -0.25) is 0 Å². The smallest absolute Gasteiger partial charge is 0.134 e. The average Bonchev–Trinajstić information content (AvgIpc) is 2.71. The van der Waals surface area contributed by atoms with Gasteiger partial charge in [0, 0.05) is 10.5 Å². The van der Waals surface area contributed by atoms with Gasteiger partial charge in [0.15, 0.2) is 0 Å². The fraction of sp³-hybridized carbons (Fsp3) is 0.182. The minimum atomic E-state index is 0.364. The van der Waals surface area contributed by atoms with E-state index in [1.807, 2.05) is 30.5 Å². The average molecular weight is 254 g/mol. The Kier molecular flexibility index (Phi) is 3.53. The zero-order valence-electron chi connectivity index (χ0n) is 8.83. The van der Waals surface area contributed by atoms with E-state index in [9.17, 15) is 0 Å². The maximum atomic E-state index is 6.05. The van der Waals surface area contributed by atoms with Crippen LogP contribution in [0.1, 0.15) is 5.82 Å². The number of H-pyrrole nitrogens is 1. The van der Waals surface area contributed by atoms with Crippen LogP contribution >= 0.6 is 23.4 Å². The van der Waals surface area contributed by atoms with Gasteiger partial charge < -0.3 is 10.7 Å². The number of hydrogen-bond donors (Lipinski definition) is 2. The molecule has 84 valence electrons. The first kappa shape index (κ1) is 11.5. The van der Waals surface area contributed by atoms with E-state index in [1.54, 1.807) is 11.8 Å². The van der Waals surface area contributed by atoms with Gasteiger partial charge in [0.05, 0.1) is 6.54 Å². The van der Waals surface area contributed by atoms with Crippen molar-refractivity contribution in [2.75, 3.05) is 6.26 Å². The van der Waals surface area contributed by atoms with Gasteiger partial charge in [0.25, 0.3) is 0 Å². The van der Waals surface area contributed by atoms with E-state index in [0.717, 1.165) is 11.3 Å². The van der Waals surface area contributed by atoms with Crippen molar-refractivity contribution in [3.63, 3.8) is 0 Å². The summed E-state index contributed by atoms with van der Waals surface area (Å²) in [4.78, 5) is 8.50. The number of aromatic nitrogens is 2. The van der Waals surface area contributed by atoms with E-state index in [4.69, 9.17) is 17.3 Å². The van der Waals surface area contributed by atoms with E-state index >= 15 is 0 Å². The van der Waals surface area contributed by atoms with Crippen molar-refractivity contribution in [3.8, 4) is 11.3 Å². The molecule has 3 nitrogen and oxygen atoms in total. The molecule has 5 heteroatoms. The lowest BCUT2D eigenvalue weighted by Crippen LogP contribution is -1.97. The van der Waals surface area contributed by atoms with Crippen LogP contribution in [0.25, 0.3) is 11.3 Å². The highest BCUT2D eigenvalue weighted by atomic mass is 35.5. The summed E-state index contributed by atoms with van der Waals surface area (Å²) < 4.78 is 0. The number of aromatic amines is 1. The number of rotatable bonds is 3. The maximum absolute atomic E-state index is 6.05. The number of imidazole rings is 1. The molecule has 0 bridgehead atoms. The molecule has 0 aliphatic rings. The lowest BCUT2D eigenvalue weighted by molar-refractivity contribution is 0.951. The second-order valence-electron chi connectivity index (χ2n) is 3.28. The first-order valence-corrected chi connectivity index (χ1v) is 6.43. The Morgan fingerprint density at radius 3 is 2.56 bits per heavy atom. The van der Waals surface area contributed by atoms with Crippen LogP contribution in [0.3, 0.4) is 0 Å². The van der Waals surface area contributed by atoms with Gasteiger partial charge in [0.2, 0.25) is 0 Å². The Balaban J connectivity index is 2.38. The van der Waals surface area contributed by atoms with E-state index in [2.05, 4.69) is 9.97 Å². The van der Waals surface area contributed by atoms with Crippen molar-refractivity contribution < 1.29 is 0 Å². The normalized spacial score (nSPS) is 10.7. The summed E-state index contributed by atoms with van der Waals surface area (Å²) in [6.45, 7) is 0.364. The van der Waals surface area contributed by atoms with Crippen LogP contribution in [0.2, 0.25) is 5.15 Å². The maximum Gasteiger partial charge on any atom is 0.134 e. The summed E-state index contributed by atoms with van der Waals surface area (Å²) >= 11 is 7.76. The molecule has 0 fully saturated rings. The Bertz CT molecular complexity index is 478. The van der Waals surface area contributed by atoms with Gasteiger partial charge in [-0.1, -0.05) is 23.7 Å². The molecule has 3 N–H and O–H groups in total. The second kappa shape index (κ2) is 4.91. The lowest BCUT2D eigenvalue weighted by atomic mass is 10.2. The summed E-state index contributed by atoms with van der Waals surface area (Å²) in [6, 6.07) is 8.11. The number of nitrogens with two attached hydrogens (primary N) is 1. The van der Waals surface area contributed by atoms with Gasteiger partial charge >= 0.3 is 0 Å². The molecular formula is C11H12ClN3S. The van der Waals surface area contributed by atoms with E-state index < -0.39 is 0 Å². The lowest BCUT2D eigenvalue weighted by Gasteiger charge is -1.99. The molecule has 16 heavy (non-hydrogen) atoms. The Morgan fingerprint density at radius 1 is 1.38 bits per heavy atom. The number of halogens is 1. The van der Waals surface area contributed by atoms with Gasteiger partial charge in [-0.15, -0.1) is 11.8 Å². The van der Waals surface area contributed by atoms with E-state index in [1.165, 1.54) is 4.90 Å². The van der Waals surface area contributed by atoms with Crippen molar-refractivity contribution in [3.05, 3.63) is 35.2 Å². The van der Waals surface area contributed by atoms with Crippen molar-refractivity contribution in [1.29, 1.82) is 0 Å². The highest BCUT2D eigenvalue weighted by Gasteiger charge is 2.09. The molecule has 2 aromatic rings. The van der Waals surface area contributed by atoms with Crippen LogP contribution in [0.15, 0.2) is 29.2 Å². The summed E-state index contributed by atoms with van der Waals surface area (Å²) in [5.41, 5.74) is 7.26. The third kappa shape index (κ3) is 2.24. The SMILES string of the molecule is CSc1ccc(-c2nc(CN)[nH]c2Cl)cc1. The van der Waals surface area contributed by atoms with Gasteiger partial charge in [-0.25, -0.2) is 4.98 Å². The van der Waals surface area contributed by atoms with Crippen LogP contribution in [-0.4, -0.2) is 16.2 Å². The predicted octanol–water partition coefficient (Wildman–Crippen LogP) is 2.91. The number of benzene rings is 1. The number of nitrogens with one attached hydrogen (secondary N) is 1. The minimum absolute atomic E-state index is 0.364. The Labute approximate surface area is 103 Å². The molecule has 0 saturated carbocycles. The highest BCUT2D eigenvalue weighted by Crippen LogP contribution is 2.27. The second-order valence-corrected chi connectivity index (χ2v) is 4.54. The molecule has 0 radical (unpaired) electrons. The Morgan fingerprint density at radius 2 is 2.06 bits per heavy atom. The zero-order valence-corrected chi connectivity index (χ0v) is 10.4. The highest BCUT2D eigenvalue weighted by molar-refractivity contribution is 7.98. The first-order chi connectivity index (χ1) is 7.74. The monoisotopic (exact) mass is 253 g/mol. The van der Waals surface area contributed by atoms with Crippen molar-refractivity contribution in [2.24, 2.45) is 5.73 Å². The minimum Gasteiger partial charge on any atom is -0.331 e. The topological polar surface area (TPSA) is 54.7 Å².